The van der Waals surface area contributed by atoms with Crippen molar-refractivity contribution >= 4 is 0 Å². The summed E-state index contributed by atoms with van der Waals surface area (Å²) in [6, 6.07) is 16.3. The molecule has 0 saturated carbocycles. The summed E-state index contributed by atoms with van der Waals surface area (Å²) in [6.45, 7) is 0. The summed E-state index contributed by atoms with van der Waals surface area (Å²) in [7, 11) is 1.60. The van der Waals surface area contributed by atoms with Crippen molar-refractivity contribution in [1.82, 2.24) is 10.2 Å². The fourth-order valence-corrected chi connectivity index (χ4v) is 3.24. The first kappa shape index (κ1) is 16.5. The zero-order valence-electron chi connectivity index (χ0n) is 14.4. The van der Waals surface area contributed by atoms with E-state index in [1.165, 1.54) is 0 Å². The maximum absolute atomic E-state index is 9.69. The molecule has 3 aromatic rings. The molecule has 0 spiro atoms. The largest absolute Gasteiger partial charge is 0.508 e. The van der Waals surface area contributed by atoms with Crippen LogP contribution in [0.2, 0.25) is 0 Å². The molecule has 0 radical (unpaired) electrons. The van der Waals surface area contributed by atoms with E-state index in [4.69, 9.17) is 15.2 Å². The number of nitrogens with one attached hydrogen (secondary N) is 1. The number of H-pyrrole nitrogens is 1. The molecule has 1 atom stereocenters. The molecular formula is C20H16N4O3. The lowest BCUT2D eigenvalue weighted by Crippen LogP contribution is -2.20. The lowest BCUT2D eigenvalue weighted by Gasteiger charge is -2.24. The molecule has 1 aliphatic heterocycles. The summed E-state index contributed by atoms with van der Waals surface area (Å²) in [5, 5.41) is 26.5. The van der Waals surface area contributed by atoms with Gasteiger partial charge in [0.05, 0.1) is 24.3 Å². The predicted octanol–water partition coefficient (Wildman–Crippen LogP) is 3.01. The van der Waals surface area contributed by atoms with Gasteiger partial charge >= 0.3 is 0 Å². The lowest BCUT2D eigenvalue weighted by molar-refractivity contribution is 0.379. The Balaban J connectivity index is 1.93. The molecule has 27 heavy (non-hydrogen) atoms. The average Bonchev–Trinajstić information content (AvgIpc) is 3.11. The highest BCUT2D eigenvalue weighted by Crippen LogP contribution is 2.46. The molecule has 1 aliphatic rings. The van der Waals surface area contributed by atoms with Crippen molar-refractivity contribution in [2.75, 3.05) is 7.11 Å². The maximum atomic E-state index is 9.69. The van der Waals surface area contributed by atoms with Crippen LogP contribution in [0, 0.1) is 11.3 Å². The highest BCUT2D eigenvalue weighted by atomic mass is 16.5. The number of ether oxygens (including phenoxy) is 2. The van der Waals surface area contributed by atoms with Gasteiger partial charge in [-0.2, -0.15) is 5.26 Å². The number of aromatic hydroxyl groups is 1. The van der Waals surface area contributed by atoms with Crippen molar-refractivity contribution in [3.63, 3.8) is 0 Å². The fraction of sp³-hybridized carbons (Fsp3) is 0.100. The van der Waals surface area contributed by atoms with Crippen LogP contribution < -0.4 is 15.2 Å². The number of nitriles is 1. The van der Waals surface area contributed by atoms with E-state index in [1.54, 1.807) is 31.4 Å². The number of benzene rings is 2. The smallest absolute Gasteiger partial charge is 0.244 e. The van der Waals surface area contributed by atoms with Gasteiger partial charge in [0.15, 0.2) is 0 Å². The zero-order chi connectivity index (χ0) is 19.0. The molecule has 1 aromatic heterocycles. The highest BCUT2D eigenvalue weighted by molar-refractivity contribution is 5.71. The number of nitrogens with zero attached hydrogens (tertiary/aromatic N) is 2. The van der Waals surface area contributed by atoms with Crippen LogP contribution in [0.5, 0.6) is 17.4 Å². The topological polar surface area (TPSA) is 117 Å². The van der Waals surface area contributed by atoms with Gasteiger partial charge in [-0.1, -0.05) is 24.3 Å². The zero-order valence-corrected chi connectivity index (χ0v) is 14.4. The molecule has 2 heterocycles. The van der Waals surface area contributed by atoms with Crippen LogP contribution in [0.4, 0.5) is 0 Å². The van der Waals surface area contributed by atoms with Gasteiger partial charge in [-0.25, -0.2) is 0 Å². The number of nitrogens with two attached hydrogens (primary N) is 1. The van der Waals surface area contributed by atoms with E-state index in [0.29, 0.717) is 28.5 Å². The molecule has 0 bridgehead atoms. The maximum Gasteiger partial charge on any atom is 0.244 e. The third-order valence-electron chi connectivity index (χ3n) is 4.52. The van der Waals surface area contributed by atoms with E-state index >= 15 is 0 Å². The van der Waals surface area contributed by atoms with E-state index in [-0.39, 0.29) is 11.6 Å². The van der Waals surface area contributed by atoms with E-state index in [9.17, 15) is 10.4 Å². The normalized spacial score (nSPS) is 15.6. The lowest BCUT2D eigenvalue weighted by atomic mass is 9.83. The Morgan fingerprint density at radius 2 is 2.04 bits per heavy atom. The minimum atomic E-state index is -0.473. The number of aromatic nitrogens is 2. The van der Waals surface area contributed by atoms with E-state index in [2.05, 4.69) is 16.3 Å². The first-order valence-corrected chi connectivity index (χ1v) is 8.21. The highest BCUT2D eigenvalue weighted by Gasteiger charge is 2.35. The third-order valence-corrected chi connectivity index (χ3v) is 4.52. The number of phenolic OH excluding ortho intramolecular Hbond substituents is 1. The Hall–Kier alpha value is -3.92. The van der Waals surface area contributed by atoms with E-state index in [1.807, 2.05) is 24.3 Å². The summed E-state index contributed by atoms with van der Waals surface area (Å²) >= 11 is 0. The number of hydrogen-bond donors (Lipinski definition) is 3. The molecule has 0 aliphatic carbocycles. The number of methoxy groups -OCH3 is 1. The molecule has 0 saturated heterocycles. The van der Waals surface area contributed by atoms with Crippen LogP contribution in [-0.2, 0) is 0 Å². The van der Waals surface area contributed by atoms with E-state index in [0.717, 1.165) is 11.1 Å². The number of allylic oxidation sites excluding steroid dienone is 1. The molecule has 4 rings (SSSR count). The molecule has 2 aromatic carbocycles. The Kier molecular flexibility index (Phi) is 3.94. The molecule has 1 unspecified atom stereocenters. The SMILES string of the molecule is COc1cccc(-c2[nH]nc3c2C(c2ccc(O)cc2)C(C#N)=C(N)O3)c1. The number of rotatable bonds is 3. The van der Waals surface area contributed by atoms with Gasteiger partial charge in [-0.05, 0) is 29.8 Å². The van der Waals surface area contributed by atoms with E-state index < -0.39 is 5.92 Å². The first-order chi connectivity index (χ1) is 13.1. The van der Waals surface area contributed by atoms with Gasteiger partial charge in [0, 0.05) is 5.56 Å². The van der Waals surface area contributed by atoms with Crippen LogP contribution in [0.1, 0.15) is 17.0 Å². The molecule has 4 N–H and O–H groups in total. The standard InChI is InChI=1S/C20H16N4O3/c1-26-14-4-2-3-12(9-14)18-17-16(11-5-7-13(25)8-6-11)15(10-21)19(22)27-20(17)24-23-18/h2-9,16,25H,22H2,1H3,(H,23,24). The van der Waals surface area contributed by atoms with Crippen molar-refractivity contribution in [3.05, 3.63) is 71.1 Å². The first-order valence-electron chi connectivity index (χ1n) is 8.21. The second kappa shape index (κ2) is 6.42. The van der Waals surface area contributed by atoms with Crippen LogP contribution >= 0.6 is 0 Å². The van der Waals surface area contributed by atoms with Crippen molar-refractivity contribution < 1.29 is 14.6 Å². The van der Waals surface area contributed by atoms with Crippen LogP contribution in [0.3, 0.4) is 0 Å². The van der Waals surface area contributed by atoms with Gasteiger partial charge in [0.1, 0.15) is 23.1 Å². The summed E-state index contributed by atoms with van der Waals surface area (Å²) in [6.07, 6.45) is 0. The predicted molar refractivity (Wildman–Crippen MR) is 98.0 cm³/mol. The van der Waals surface area contributed by atoms with Gasteiger partial charge in [-0.3, -0.25) is 5.10 Å². The van der Waals surface area contributed by atoms with Gasteiger partial charge < -0.3 is 20.3 Å². The Morgan fingerprint density at radius 1 is 1.26 bits per heavy atom. The monoisotopic (exact) mass is 360 g/mol. The Bertz CT molecular complexity index is 1080. The molecule has 0 amide bonds. The second-order valence-corrected chi connectivity index (χ2v) is 6.07. The van der Waals surface area contributed by atoms with Crippen molar-refractivity contribution in [2.45, 2.75) is 5.92 Å². The summed E-state index contributed by atoms with van der Waals surface area (Å²) in [5.41, 5.74) is 9.31. The Labute approximate surface area is 155 Å². The van der Waals surface area contributed by atoms with Crippen molar-refractivity contribution in [2.24, 2.45) is 5.73 Å². The minimum Gasteiger partial charge on any atom is -0.508 e. The van der Waals surface area contributed by atoms with Crippen LogP contribution in [-0.4, -0.2) is 22.4 Å². The van der Waals surface area contributed by atoms with Crippen molar-refractivity contribution in [3.8, 4) is 34.7 Å². The van der Waals surface area contributed by atoms with Crippen LogP contribution in [0.15, 0.2) is 60.0 Å². The average molecular weight is 360 g/mol. The van der Waals surface area contributed by atoms with Crippen molar-refractivity contribution in [1.29, 1.82) is 5.26 Å². The number of hydrogen-bond acceptors (Lipinski definition) is 6. The number of aromatic amines is 1. The minimum absolute atomic E-state index is 0.0202. The summed E-state index contributed by atoms with van der Waals surface area (Å²) in [4.78, 5) is 0. The van der Waals surface area contributed by atoms with Gasteiger partial charge in [0.2, 0.25) is 11.8 Å². The summed E-state index contributed by atoms with van der Waals surface area (Å²) < 4.78 is 10.9. The Morgan fingerprint density at radius 3 is 2.74 bits per heavy atom. The number of phenols is 1. The third kappa shape index (κ3) is 2.73. The number of fused-ring (bicyclic) bond motifs is 1. The molecule has 7 nitrogen and oxygen atoms in total. The fourth-order valence-electron chi connectivity index (χ4n) is 3.24. The molecular weight excluding hydrogens is 344 g/mol. The van der Waals surface area contributed by atoms with Gasteiger partial charge in [0.25, 0.3) is 0 Å². The molecule has 0 fully saturated rings. The quantitative estimate of drug-likeness (QED) is 0.661. The molecule has 134 valence electrons. The van der Waals surface area contributed by atoms with Crippen LogP contribution in [0.25, 0.3) is 11.3 Å². The summed E-state index contributed by atoms with van der Waals surface area (Å²) in [5.74, 6) is 0.708. The van der Waals surface area contributed by atoms with Gasteiger partial charge in [-0.15, -0.1) is 5.10 Å². The molecule has 7 heteroatoms. The second-order valence-electron chi connectivity index (χ2n) is 6.07.